The Morgan fingerprint density at radius 2 is 2.46 bits per heavy atom. The van der Waals surface area contributed by atoms with E-state index in [9.17, 15) is 4.79 Å². The van der Waals surface area contributed by atoms with Crippen molar-refractivity contribution in [2.45, 2.75) is 45.1 Å². The van der Waals surface area contributed by atoms with Gasteiger partial charge in [-0.05, 0) is 45.2 Å². The first kappa shape index (κ1) is 17.1. The number of hydrogen-bond donors (Lipinski definition) is 2. The summed E-state index contributed by atoms with van der Waals surface area (Å²) in [6.45, 7) is 5.09. The lowest BCUT2D eigenvalue weighted by Crippen LogP contribution is -2.32. The van der Waals surface area contributed by atoms with E-state index in [2.05, 4.69) is 20.7 Å². The molecule has 0 bridgehead atoms. The summed E-state index contributed by atoms with van der Waals surface area (Å²) in [7, 11) is 0. The Kier molecular flexibility index (Phi) is 5.98. The van der Waals surface area contributed by atoms with Crippen LogP contribution in [0.15, 0.2) is 17.8 Å². The molecule has 0 saturated carbocycles. The molecule has 0 spiro atoms. The molecule has 0 aromatic carbocycles. The summed E-state index contributed by atoms with van der Waals surface area (Å²) >= 11 is 1.69. The molecule has 0 radical (unpaired) electrons. The molecule has 130 valence electrons. The van der Waals surface area contributed by atoms with Crippen molar-refractivity contribution in [1.82, 2.24) is 25.4 Å². The Morgan fingerprint density at radius 3 is 3.21 bits per heavy atom. The molecule has 1 aliphatic heterocycles. The lowest BCUT2D eigenvalue weighted by atomic mass is 9.96. The maximum atomic E-state index is 12.2. The van der Waals surface area contributed by atoms with Crippen LogP contribution in [0.2, 0.25) is 0 Å². The van der Waals surface area contributed by atoms with E-state index in [-0.39, 0.29) is 5.91 Å². The molecule has 2 N–H and O–H groups in total. The lowest BCUT2D eigenvalue weighted by molar-refractivity contribution is -0.121. The third-order valence-corrected chi connectivity index (χ3v) is 5.50. The zero-order valence-corrected chi connectivity index (χ0v) is 14.9. The van der Waals surface area contributed by atoms with Crippen molar-refractivity contribution in [3.05, 3.63) is 34.0 Å². The van der Waals surface area contributed by atoms with Crippen molar-refractivity contribution in [1.29, 1.82) is 0 Å². The summed E-state index contributed by atoms with van der Waals surface area (Å²) in [5, 5.41) is 10.8. The van der Waals surface area contributed by atoms with Gasteiger partial charge < -0.3 is 10.6 Å². The Morgan fingerprint density at radius 1 is 1.54 bits per heavy atom. The van der Waals surface area contributed by atoms with Gasteiger partial charge in [0.1, 0.15) is 6.54 Å². The van der Waals surface area contributed by atoms with Gasteiger partial charge >= 0.3 is 0 Å². The molecule has 2 aromatic heterocycles. The van der Waals surface area contributed by atoms with Crippen LogP contribution < -0.4 is 10.6 Å². The maximum absolute atomic E-state index is 12.2. The molecule has 6 nitrogen and oxygen atoms in total. The Bertz CT molecular complexity index is 659. The molecule has 1 aliphatic rings. The smallest absolute Gasteiger partial charge is 0.241 e. The molecular weight excluding hydrogens is 322 g/mol. The number of amides is 1. The number of carbonyl (C=O) groups is 1. The average molecular weight is 347 g/mol. The summed E-state index contributed by atoms with van der Waals surface area (Å²) in [4.78, 5) is 17.7. The number of nitrogens with zero attached hydrogens (tertiary/aromatic N) is 3. The van der Waals surface area contributed by atoms with E-state index in [1.54, 1.807) is 17.5 Å². The monoisotopic (exact) mass is 347 g/mol. The van der Waals surface area contributed by atoms with E-state index in [1.165, 1.54) is 11.3 Å². The molecule has 1 amide bonds. The highest BCUT2D eigenvalue weighted by Gasteiger charge is 2.19. The summed E-state index contributed by atoms with van der Waals surface area (Å²) in [6.07, 6.45) is 6.04. The normalized spacial score (nSPS) is 17.8. The SMILES string of the molecule is Cc1ncsc1CCCNC(=O)Cn1nccc1[C@H]1CCCNC1. The van der Waals surface area contributed by atoms with Crippen LogP contribution in [-0.2, 0) is 17.8 Å². The van der Waals surface area contributed by atoms with Crippen molar-refractivity contribution in [3.8, 4) is 0 Å². The van der Waals surface area contributed by atoms with E-state index in [4.69, 9.17) is 0 Å². The quantitative estimate of drug-likeness (QED) is 0.750. The number of nitrogens with one attached hydrogen (secondary N) is 2. The van der Waals surface area contributed by atoms with Crippen LogP contribution in [0, 0.1) is 6.92 Å². The predicted octanol–water partition coefficient (Wildman–Crippen LogP) is 1.86. The van der Waals surface area contributed by atoms with Crippen LogP contribution in [0.3, 0.4) is 0 Å². The van der Waals surface area contributed by atoms with Crippen LogP contribution in [-0.4, -0.2) is 40.3 Å². The molecule has 24 heavy (non-hydrogen) atoms. The Labute approximate surface area is 146 Å². The minimum absolute atomic E-state index is 0.0322. The minimum Gasteiger partial charge on any atom is -0.354 e. The molecule has 7 heteroatoms. The molecule has 1 fully saturated rings. The van der Waals surface area contributed by atoms with Crippen LogP contribution >= 0.6 is 11.3 Å². The van der Waals surface area contributed by atoms with Gasteiger partial charge in [-0.3, -0.25) is 9.48 Å². The van der Waals surface area contributed by atoms with Crippen LogP contribution in [0.1, 0.15) is 41.4 Å². The highest BCUT2D eigenvalue weighted by Crippen LogP contribution is 2.22. The highest BCUT2D eigenvalue weighted by molar-refractivity contribution is 7.09. The van der Waals surface area contributed by atoms with Gasteiger partial charge in [-0.25, -0.2) is 4.98 Å². The van der Waals surface area contributed by atoms with Crippen molar-refractivity contribution in [3.63, 3.8) is 0 Å². The number of aromatic nitrogens is 3. The summed E-state index contributed by atoms with van der Waals surface area (Å²) in [5.41, 5.74) is 4.15. The lowest BCUT2D eigenvalue weighted by Gasteiger charge is -2.23. The van der Waals surface area contributed by atoms with Gasteiger partial charge in [0, 0.05) is 35.8 Å². The van der Waals surface area contributed by atoms with E-state index in [1.807, 2.05) is 23.2 Å². The maximum Gasteiger partial charge on any atom is 0.241 e. The van der Waals surface area contributed by atoms with Gasteiger partial charge in [0.05, 0.1) is 11.2 Å². The molecule has 1 saturated heterocycles. The number of carbonyl (C=O) groups excluding carboxylic acids is 1. The number of rotatable bonds is 7. The van der Waals surface area contributed by atoms with Gasteiger partial charge in [-0.15, -0.1) is 11.3 Å². The molecule has 0 aliphatic carbocycles. The largest absolute Gasteiger partial charge is 0.354 e. The van der Waals surface area contributed by atoms with Gasteiger partial charge in [-0.1, -0.05) is 0 Å². The first-order valence-electron chi connectivity index (χ1n) is 8.62. The van der Waals surface area contributed by atoms with Gasteiger partial charge in [0.25, 0.3) is 0 Å². The van der Waals surface area contributed by atoms with Crippen molar-refractivity contribution < 1.29 is 4.79 Å². The standard InChI is InChI=1S/C17H25N5OS/c1-13-16(24-12-20-13)5-3-8-19-17(23)11-22-15(6-9-21-22)14-4-2-7-18-10-14/h6,9,12,14,18H,2-5,7-8,10-11H2,1H3,(H,19,23)/t14-/m0/s1. The van der Waals surface area contributed by atoms with Crippen molar-refractivity contribution >= 4 is 17.2 Å². The zero-order chi connectivity index (χ0) is 16.8. The third-order valence-electron chi connectivity index (χ3n) is 4.51. The van der Waals surface area contributed by atoms with Crippen molar-refractivity contribution in [2.24, 2.45) is 0 Å². The second-order valence-electron chi connectivity index (χ2n) is 6.27. The van der Waals surface area contributed by atoms with Gasteiger partial charge in [0.2, 0.25) is 5.91 Å². The topological polar surface area (TPSA) is 71.8 Å². The number of piperidine rings is 1. The predicted molar refractivity (Wildman–Crippen MR) is 95.3 cm³/mol. The highest BCUT2D eigenvalue weighted by atomic mass is 32.1. The van der Waals surface area contributed by atoms with E-state index < -0.39 is 0 Å². The first-order valence-corrected chi connectivity index (χ1v) is 9.50. The second-order valence-corrected chi connectivity index (χ2v) is 7.21. The number of thiazole rings is 1. The zero-order valence-electron chi connectivity index (χ0n) is 14.1. The molecule has 1 atom stereocenters. The number of hydrogen-bond acceptors (Lipinski definition) is 5. The average Bonchev–Trinajstić information content (AvgIpc) is 3.21. The van der Waals surface area contributed by atoms with Crippen molar-refractivity contribution in [2.75, 3.05) is 19.6 Å². The fraction of sp³-hybridized carbons (Fsp3) is 0.588. The van der Waals surface area contributed by atoms with E-state index in [0.717, 1.165) is 43.7 Å². The minimum atomic E-state index is 0.0322. The summed E-state index contributed by atoms with van der Waals surface area (Å²) in [6, 6.07) is 2.04. The van der Waals surface area contributed by atoms with Gasteiger partial charge in [0.15, 0.2) is 0 Å². The Balaban J connectivity index is 1.43. The van der Waals surface area contributed by atoms with Crippen LogP contribution in [0.4, 0.5) is 0 Å². The summed E-state index contributed by atoms with van der Waals surface area (Å²) in [5.74, 6) is 0.494. The molecular formula is C17H25N5OS. The van der Waals surface area contributed by atoms with E-state index >= 15 is 0 Å². The van der Waals surface area contributed by atoms with Gasteiger partial charge in [-0.2, -0.15) is 5.10 Å². The molecule has 2 aromatic rings. The second kappa shape index (κ2) is 8.39. The molecule has 3 rings (SSSR count). The summed E-state index contributed by atoms with van der Waals surface area (Å²) < 4.78 is 1.85. The Hall–Kier alpha value is -1.73. The molecule has 3 heterocycles. The van der Waals surface area contributed by atoms with Crippen LogP contribution in [0.5, 0.6) is 0 Å². The number of aryl methyl sites for hydroxylation is 2. The van der Waals surface area contributed by atoms with E-state index in [0.29, 0.717) is 19.0 Å². The fourth-order valence-electron chi connectivity index (χ4n) is 3.16. The molecule has 0 unspecified atom stereocenters. The fourth-order valence-corrected chi connectivity index (χ4v) is 3.98. The third kappa shape index (κ3) is 4.42. The first-order chi connectivity index (χ1) is 11.7. The van der Waals surface area contributed by atoms with Crippen LogP contribution in [0.25, 0.3) is 0 Å².